The van der Waals surface area contributed by atoms with Crippen molar-refractivity contribution in [2.45, 2.75) is 11.1 Å². The molecule has 0 saturated heterocycles. The first kappa shape index (κ1) is 13.4. The van der Waals surface area contributed by atoms with Gasteiger partial charge in [-0.05, 0) is 19.1 Å². The third kappa shape index (κ3) is 2.88. The second-order valence-corrected chi connectivity index (χ2v) is 6.32. The lowest BCUT2D eigenvalue weighted by Crippen LogP contribution is -2.15. The molecule has 2 aromatic heterocycles. The van der Waals surface area contributed by atoms with Crippen LogP contribution >= 0.6 is 11.3 Å². The molecule has 2 rings (SSSR count). The molecule has 2 aromatic rings. The van der Waals surface area contributed by atoms with Crippen LogP contribution in [0.1, 0.15) is 16.2 Å². The standard InChI is InChI=1S/C10H9N3O4S2/c1-6-4-7(2-3-11-6)13-19(16,17)10-8(9(14)15)12-5-18-10/h2-5H,1H3,(H,11,13)(H,14,15). The van der Waals surface area contributed by atoms with E-state index in [1.807, 2.05) is 0 Å². The zero-order valence-corrected chi connectivity index (χ0v) is 11.3. The highest BCUT2D eigenvalue weighted by Crippen LogP contribution is 2.23. The molecule has 0 aromatic carbocycles. The number of anilines is 1. The molecular weight excluding hydrogens is 290 g/mol. The second-order valence-electron chi connectivity index (χ2n) is 3.58. The Morgan fingerprint density at radius 1 is 1.42 bits per heavy atom. The minimum Gasteiger partial charge on any atom is -0.476 e. The third-order valence-electron chi connectivity index (χ3n) is 2.13. The average Bonchev–Trinajstić information content (AvgIpc) is 2.77. The molecule has 0 aliphatic heterocycles. The van der Waals surface area contributed by atoms with Gasteiger partial charge in [-0.3, -0.25) is 9.71 Å². The van der Waals surface area contributed by atoms with E-state index in [9.17, 15) is 13.2 Å². The molecule has 0 fully saturated rings. The van der Waals surface area contributed by atoms with Gasteiger partial charge in [0.1, 0.15) is 0 Å². The van der Waals surface area contributed by atoms with Crippen LogP contribution in [0.5, 0.6) is 0 Å². The molecule has 0 amide bonds. The van der Waals surface area contributed by atoms with Crippen LogP contribution in [0.4, 0.5) is 5.69 Å². The van der Waals surface area contributed by atoms with E-state index in [1.165, 1.54) is 17.8 Å². The molecule has 2 heterocycles. The molecule has 0 aliphatic rings. The Hall–Kier alpha value is -2.00. The van der Waals surface area contributed by atoms with Crippen molar-refractivity contribution in [3.05, 3.63) is 35.2 Å². The van der Waals surface area contributed by atoms with Crippen molar-refractivity contribution >= 4 is 33.0 Å². The fourth-order valence-corrected chi connectivity index (χ4v) is 3.57. The Morgan fingerprint density at radius 3 is 2.79 bits per heavy atom. The van der Waals surface area contributed by atoms with Crippen molar-refractivity contribution in [1.82, 2.24) is 9.97 Å². The van der Waals surface area contributed by atoms with Gasteiger partial charge < -0.3 is 5.11 Å². The van der Waals surface area contributed by atoms with Crippen LogP contribution in [0.15, 0.2) is 28.0 Å². The average molecular weight is 299 g/mol. The fraction of sp³-hybridized carbons (Fsp3) is 0.100. The summed E-state index contributed by atoms with van der Waals surface area (Å²) in [6.07, 6.45) is 1.46. The van der Waals surface area contributed by atoms with E-state index < -0.39 is 21.7 Å². The summed E-state index contributed by atoms with van der Waals surface area (Å²) in [7, 11) is -3.97. The molecule has 0 spiro atoms. The number of aromatic carboxylic acids is 1. The lowest BCUT2D eigenvalue weighted by atomic mass is 10.3. The Morgan fingerprint density at radius 2 is 2.16 bits per heavy atom. The highest BCUT2D eigenvalue weighted by atomic mass is 32.2. The van der Waals surface area contributed by atoms with E-state index in [2.05, 4.69) is 14.7 Å². The molecule has 19 heavy (non-hydrogen) atoms. The quantitative estimate of drug-likeness (QED) is 0.881. The zero-order chi connectivity index (χ0) is 14.0. The van der Waals surface area contributed by atoms with Gasteiger partial charge >= 0.3 is 5.97 Å². The molecule has 0 saturated carbocycles. The van der Waals surface area contributed by atoms with Crippen LogP contribution < -0.4 is 4.72 Å². The van der Waals surface area contributed by atoms with Gasteiger partial charge in [-0.25, -0.2) is 18.2 Å². The number of carboxylic acid groups (broad SMARTS) is 1. The van der Waals surface area contributed by atoms with Crippen molar-refractivity contribution < 1.29 is 18.3 Å². The summed E-state index contributed by atoms with van der Waals surface area (Å²) in [6, 6.07) is 3.02. The zero-order valence-electron chi connectivity index (χ0n) is 9.69. The number of carboxylic acids is 1. The number of thiazole rings is 1. The predicted octanol–water partition coefficient (Wildman–Crippen LogP) is 1.35. The first-order valence-electron chi connectivity index (χ1n) is 5.02. The minimum atomic E-state index is -3.97. The molecule has 0 aliphatic carbocycles. The van der Waals surface area contributed by atoms with E-state index in [0.29, 0.717) is 11.4 Å². The molecule has 7 nitrogen and oxygen atoms in total. The number of rotatable bonds is 4. The van der Waals surface area contributed by atoms with E-state index >= 15 is 0 Å². The van der Waals surface area contributed by atoms with Crippen LogP contribution in [0, 0.1) is 6.92 Å². The second kappa shape index (κ2) is 4.94. The Kier molecular flexibility index (Phi) is 3.49. The Labute approximate surface area is 113 Å². The first-order chi connectivity index (χ1) is 8.90. The number of aryl methyl sites for hydroxylation is 1. The van der Waals surface area contributed by atoms with Gasteiger partial charge in [-0.15, -0.1) is 11.3 Å². The van der Waals surface area contributed by atoms with Gasteiger partial charge in [0, 0.05) is 11.9 Å². The van der Waals surface area contributed by atoms with Crippen molar-refractivity contribution in [1.29, 1.82) is 0 Å². The predicted molar refractivity (Wildman–Crippen MR) is 68.9 cm³/mol. The maximum Gasteiger partial charge on any atom is 0.356 e. The minimum absolute atomic E-state index is 0.317. The summed E-state index contributed by atoms with van der Waals surface area (Å²) in [5.41, 5.74) is 1.65. The van der Waals surface area contributed by atoms with Crippen LogP contribution in [-0.4, -0.2) is 29.5 Å². The van der Waals surface area contributed by atoms with Gasteiger partial charge in [0.05, 0.1) is 11.2 Å². The summed E-state index contributed by atoms with van der Waals surface area (Å²) in [6.45, 7) is 1.72. The van der Waals surface area contributed by atoms with Crippen molar-refractivity contribution in [3.63, 3.8) is 0 Å². The number of aromatic nitrogens is 2. The van der Waals surface area contributed by atoms with Crippen molar-refractivity contribution in [2.75, 3.05) is 4.72 Å². The summed E-state index contributed by atoms with van der Waals surface area (Å²) >= 11 is 0.750. The van der Waals surface area contributed by atoms with Gasteiger partial charge in [-0.1, -0.05) is 0 Å². The largest absolute Gasteiger partial charge is 0.476 e. The van der Waals surface area contributed by atoms with Crippen LogP contribution in [0.25, 0.3) is 0 Å². The highest BCUT2D eigenvalue weighted by Gasteiger charge is 2.25. The number of carbonyl (C=O) groups is 1. The number of hydrogen-bond donors (Lipinski definition) is 2. The van der Waals surface area contributed by atoms with Crippen molar-refractivity contribution in [3.8, 4) is 0 Å². The maximum atomic E-state index is 12.1. The molecule has 0 atom stereocenters. The van der Waals surface area contributed by atoms with Gasteiger partial charge in [-0.2, -0.15) is 0 Å². The number of pyridine rings is 1. The SMILES string of the molecule is Cc1cc(NS(=O)(=O)c2scnc2C(=O)O)ccn1. The Bertz CT molecular complexity index is 724. The number of nitrogens with one attached hydrogen (secondary N) is 1. The lowest BCUT2D eigenvalue weighted by Gasteiger charge is -2.06. The fourth-order valence-electron chi connectivity index (χ4n) is 1.38. The smallest absolute Gasteiger partial charge is 0.356 e. The van der Waals surface area contributed by atoms with Crippen LogP contribution in [0.2, 0.25) is 0 Å². The van der Waals surface area contributed by atoms with E-state index in [4.69, 9.17) is 5.11 Å². The molecule has 100 valence electrons. The topological polar surface area (TPSA) is 109 Å². The first-order valence-corrected chi connectivity index (χ1v) is 7.38. The lowest BCUT2D eigenvalue weighted by molar-refractivity contribution is 0.0687. The molecule has 0 unspecified atom stereocenters. The summed E-state index contributed by atoms with van der Waals surface area (Å²) in [5.74, 6) is -1.38. The van der Waals surface area contributed by atoms with E-state index in [-0.39, 0.29) is 4.21 Å². The summed E-state index contributed by atoms with van der Waals surface area (Å²) < 4.78 is 26.1. The monoisotopic (exact) mass is 299 g/mol. The van der Waals surface area contributed by atoms with Gasteiger partial charge in [0.2, 0.25) is 0 Å². The molecular formula is C10H9N3O4S2. The number of nitrogens with zero attached hydrogens (tertiary/aromatic N) is 2. The van der Waals surface area contributed by atoms with Gasteiger partial charge in [0.25, 0.3) is 10.0 Å². The molecule has 0 bridgehead atoms. The van der Waals surface area contributed by atoms with Crippen LogP contribution in [0.3, 0.4) is 0 Å². The molecule has 2 N–H and O–H groups in total. The highest BCUT2D eigenvalue weighted by molar-refractivity contribution is 7.94. The van der Waals surface area contributed by atoms with Crippen molar-refractivity contribution in [2.24, 2.45) is 0 Å². The van der Waals surface area contributed by atoms with E-state index in [1.54, 1.807) is 13.0 Å². The molecule has 0 radical (unpaired) electrons. The normalized spacial score (nSPS) is 11.2. The Balaban J connectivity index is 2.38. The third-order valence-corrected chi connectivity index (χ3v) is 4.88. The summed E-state index contributed by atoms with van der Waals surface area (Å²) in [5, 5.41) is 8.87. The molecule has 9 heteroatoms. The van der Waals surface area contributed by atoms with Crippen LogP contribution in [-0.2, 0) is 10.0 Å². The number of sulfonamides is 1. The summed E-state index contributed by atoms with van der Waals surface area (Å²) in [4.78, 5) is 18.3. The van der Waals surface area contributed by atoms with E-state index in [0.717, 1.165) is 11.3 Å². The maximum absolute atomic E-state index is 12.1. The number of hydrogen-bond acceptors (Lipinski definition) is 6. The van der Waals surface area contributed by atoms with Gasteiger partial charge in [0.15, 0.2) is 9.90 Å².